The first-order chi connectivity index (χ1) is 10.8. The summed E-state index contributed by atoms with van der Waals surface area (Å²) in [6.45, 7) is 3.75. The molecule has 2 saturated heterocycles. The molecule has 6 nitrogen and oxygen atoms in total. The van der Waals surface area contributed by atoms with E-state index in [0.717, 1.165) is 0 Å². The van der Waals surface area contributed by atoms with Gasteiger partial charge in [0.2, 0.25) is 10.4 Å². The molecule has 0 aromatic carbocycles. The second-order valence-corrected chi connectivity index (χ2v) is 8.98. The summed E-state index contributed by atoms with van der Waals surface area (Å²) in [6.07, 6.45) is 2.21. The van der Waals surface area contributed by atoms with Gasteiger partial charge in [0.15, 0.2) is 0 Å². The monoisotopic (exact) mass is 400 g/mol. The van der Waals surface area contributed by atoms with E-state index in [0.29, 0.717) is 5.56 Å². The second-order valence-electron chi connectivity index (χ2n) is 6.10. The van der Waals surface area contributed by atoms with Gasteiger partial charge < -0.3 is 14.7 Å². The molecule has 23 heavy (non-hydrogen) atoms. The van der Waals surface area contributed by atoms with E-state index in [4.69, 9.17) is 4.74 Å². The van der Waals surface area contributed by atoms with E-state index in [1.54, 1.807) is 24.5 Å². The molecule has 124 valence electrons. The average Bonchev–Trinajstić information content (AvgIpc) is 2.71. The van der Waals surface area contributed by atoms with E-state index in [9.17, 15) is 14.7 Å². The lowest BCUT2D eigenvalue weighted by molar-refractivity contribution is -0.172. The number of thioether (sulfide) groups is 1. The molecule has 1 unspecified atom stereocenters. The minimum absolute atomic E-state index is 0.272. The summed E-state index contributed by atoms with van der Waals surface area (Å²) in [5.41, 5.74) is 0.592. The molecular formula is C15H17BrN2O4S. The number of amides is 1. The number of halogens is 1. The number of ether oxygens (including phenoxy) is 1. The highest BCUT2D eigenvalue weighted by molar-refractivity contribution is 9.10. The van der Waals surface area contributed by atoms with Gasteiger partial charge in [0.1, 0.15) is 0 Å². The predicted molar refractivity (Wildman–Crippen MR) is 88.7 cm³/mol. The summed E-state index contributed by atoms with van der Waals surface area (Å²) in [7, 11) is 1.30. The summed E-state index contributed by atoms with van der Waals surface area (Å²) in [5, 5.41) is 10.3. The van der Waals surface area contributed by atoms with Gasteiger partial charge in [-0.05, 0) is 41.4 Å². The molecule has 0 aliphatic carbocycles. The summed E-state index contributed by atoms with van der Waals surface area (Å²) >= 11 is 4.92. The van der Waals surface area contributed by atoms with Crippen LogP contribution in [0.4, 0.5) is 0 Å². The normalized spacial score (nSPS) is 32.9. The number of aromatic nitrogens is 1. The zero-order valence-corrected chi connectivity index (χ0v) is 15.3. The van der Waals surface area contributed by atoms with Gasteiger partial charge in [0, 0.05) is 12.4 Å². The Bertz CT molecular complexity index is 656. The fourth-order valence-corrected chi connectivity index (χ4v) is 5.83. The minimum Gasteiger partial charge on any atom is -0.467 e. The maximum absolute atomic E-state index is 12.7. The van der Waals surface area contributed by atoms with Crippen molar-refractivity contribution in [3.8, 4) is 0 Å². The number of fused-ring (bicyclic) bond motifs is 1. The number of methoxy groups -OCH3 is 1. The van der Waals surface area contributed by atoms with Crippen LogP contribution in [-0.2, 0) is 14.3 Å². The fraction of sp³-hybridized carbons (Fsp3) is 0.533. The molecule has 0 saturated carbocycles. The maximum Gasteiger partial charge on any atom is 0.344 e. The van der Waals surface area contributed by atoms with Gasteiger partial charge in [0.25, 0.3) is 0 Å². The van der Waals surface area contributed by atoms with Gasteiger partial charge in [0.05, 0.1) is 29.3 Å². The third-order valence-corrected chi connectivity index (χ3v) is 8.04. The number of alkyl halides is 1. The summed E-state index contributed by atoms with van der Waals surface area (Å²) in [6, 6.07) is 3.45. The largest absolute Gasteiger partial charge is 0.467 e. The molecule has 2 fully saturated rings. The highest BCUT2D eigenvalue weighted by Gasteiger charge is 2.73. The number of nitrogens with zero attached hydrogens (tertiary/aromatic N) is 2. The number of carbonyl (C=O) groups excluding carboxylic acids is 2. The number of β-lactam (4-membered cyclic amide) rings is 1. The number of aliphatic hydroxyl groups excluding tert-OH is 1. The SMILES string of the molecule is COC(=O)[C@]1(Br)N2C(=O)[C@@H](C(O)c3cccnc3)[C@H]2SC1(C)C. The van der Waals surface area contributed by atoms with Crippen LogP contribution < -0.4 is 0 Å². The fourth-order valence-electron chi connectivity index (χ4n) is 3.14. The Hall–Kier alpha value is -1.12. The average molecular weight is 401 g/mol. The topological polar surface area (TPSA) is 79.7 Å². The minimum atomic E-state index is -1.23. The molecule has 0 spiro atoms. The van der Waals surface area contributed by atoms with Crippen LogP contribution in [-0.4, -0.2) is 48.5 Å². The lowest BCUT2D eigenvalue weighted by Gasteiger charge is -2.48. The number of hydrogen-bond donors (Lipinski definition) is 1. The summed E-state index contributed by atoms with van der Waals surface area (Å²) < 4.78 is 3.07. The van der Waals surface area contributed by atoms with Gasteiger partial charge in [-0.15, -0.1) is 11.8 Å². The van der Waals surface area contributed by atoms with Gasteiger partial charge in [-0.3, -0.25) is 9.78 Å². The number of esters is 1. The quantitative estimate of drug-likeness (QED) is 0.360. The first kappa shape index (κ1) is 16.7. The Balaban J connectivity index is 1.92. The Kier molecular flexibility index (Phi) is 3.97. The Morgan fingerprint density at radius 1 is 1.57 bits per heavy atom. The van der Waals surface area contributed by atoms with Crippen LogP contribution in [0.25, 0.3) is 0 Å². The van der Waals surface area contributed by atoms with Crippen molar-refractivity contribution in [1.82, 2.24) is 9.88 Å². The number of carbonyl (C=O) groups is 2. The van der Waals surface area contributed by atoms with Crippen LogP contribution in [0.3, 0.4) is 0 Å². The van der Waals surface area contributed by atoms with Gasteiger partial charge in [-0.1, -0.05) is 6.07 Å². The van der Waals surface area contributed by atoms with Crippen molar-refractivity contribution in [2.45, 2.75) is 34.5 Å². The van der Waals surface area contributed by atoms with Crippen LogP contribution in [0, 0.1) is 5.92 Å². The molecular weight excluding hydrogens is 384 g/mol. The summed E-state index contributed by atoms with van der Waals surface area (Å²) in [4.78, 5) is 30.4. The van der Waals surface area contributed by atoms with Crippen LogP contribution >= 0.6 is 27.7 Å². The Morgan fingerprint density at radius 2 is 2.26 bits per heavy atom. The summed E-state index contributed by atoms with van der Waals surface area (Å²) in [5.74, 6) is -1.39. The standard InChI is InChI=1S/C15H17BrN2O4S/c1-14(2)15(16,13(21)22-3)18-11(20)9(12(18)23-14)10(19)8-5-4-6-17-7-8/h4-7,9-10,12,19H,1-3H3/t9-,10?,12-,15+/m1/s1. The van der Waals surface area contributed by atoms with Gasteiger partial charge in [-0.25, -0.2) is 4.79 Å². The van der Waals surface area contributed by atoms with Crippen molar-refractivity contribution in [1.29, 1.82) is 0 Å². The Labute approximate surface area is 146 Å². The highest BCUT2D eigenvalue weighted by atomic mass is 79.9. The van der Waals surface area contributed by atoms with Crippen molar-refractivity contribution >= 4 is 39.6 Å². The van der Waals surface area contributed by atoms with Crippen LogP contribution in [0.1, 0.15) is 25.5 Å². The molecule has 8 heteroatoms. The van der Waals surface area contributed by atoms with E-state index in [1.165, 1.54) is 23.8 Å². The number of rotatable bonds is 3. The predicted octanol–water partition coefficient (Wildman–Crippen LogP) is 1.69. The molecule has 2 aliphatic rings. The number of hydrogen-bond acceptors (Lipinski definition) is 6. The van der Waals surface area contributed by atoms with E-state index in [1.807, 2.05) is 13.8 Å². The molecule has 1 aromatic rings. The zero-order valence-electron chi connectivity index (χ0n) is 12.9. The van der Waals surface area contributed by atoms with Crippen LogP contribution in [0.5, 0.6) is 0 Å². The van der Waals surface area contributed by atoms with Gasteiger partial charge >= 0.3 is 5.97 Å². The second kappa shape index (κ2) is 5.46. The van der Waals surface area contributed by atoms with Gasteiger partial charge in [-0.2, -0.15) is 0 Å². The first-order valence-electron chi connectivity index (χ1n) is 7.12. The van der Waals surface area contributed by atoms with E-state index in [-0.39, 0.29) is 11.3 Å². The van der Waals surface area contributed by atoms with Crippen molar-refractivity contribution in [2.75, 3.05) is 7.11 Å². The van der Waals surface area contributed by atoms with Crippen molar-refractivity contribution < 1.29 is 19.4 Å². The highest BCUT2D eigenvalue weighted by Crippen LogP contribution is 2.63. The molecule has 3 rings (SSSR count). The van der Waals surface area contributed by atoms with E-state index >= 15 is 0 Å². The molecule has 2 aliphatic heterocycles. The smallest absolute Gasteiger partial charge is 0.344 e. The lowest BCUT2D eigenvalue weighted by Crippen LogP contribution is -2.68. The number of pyridine rings is 1. The van der Waals surface area contributed by atoms with E-state index in [2.05, 4.69) is 20.9 Å². The maximum atomic E-state index is 12.7. The molecule has 1 amide bonds. The van der Waals surface area contributed by atoms with Crippen molar-refractivity contribution in [3.05, 3.63) is 30.1 Å². The molecule has 1 aromatic heterocycles. The third-order valence-electron chi connectivity index (χ3n) is 4.45. The van der Waals surface area contributed by atoms with Crippen molar-refractivity contribution in [3.63, 3.8) is 0 Å². The molecule has 0 radical (unpaired) electrons. The van der Waals surface area contributed by atoms with Crippen LogP contribution in [0.2, 0.25) is 0 Å². The van der Waals surface area contributed by atoms with E-state index < -0.39 is 27.2 Å². The first-order valence-corrected chi connectivity index (χ1v) is 8.79. The number of aliphatic hydroxyl groups is 1. The molecule has 0 bridgehead atoms. The lowest BCUT2D eigenvalue weighted by atomic mass is 9.85. The molecule has 3 heterocycles. The Morgan fingerprint density at radius 3 is 2.83 bits per heavy atom. The van der Waals surface area contributed by atoms with Crippen molar-refractivity contribution in [2.24, 2.45) is 5.92 Å². The molecule has 4 atom stereocenters. The van der Waals surface area contributed by atoms with Crippen LogP contribution in [0.15, 0.2) is 24.5 Å². The zero-order chi connectivity index (χ0) is 17.0. The third kappa shape index (κ3) is 2.15. The molecule has 1 N–H and O–H groups in total.